The number of nitrogens with zero attached hydrogens (tertiary/aromatic N) is 4. The van der Waals surface area contributed by atoms with Gasteiger partial charge in [0.2, 0.25) is 12.6 Å². The lowest BCUT2D eigenvalue weighted by Crippen LogP contribution is -2.70. The topological polar surface area (TPSA) is 250 Å². The highest BCUT2D eigenvalue weighted by Gasteiger charge is 2.66. The molecule has 2 heterocycles. The quantitative estimate of drug-likeness (QED) is 0.0192. The van der Waals surface area contributed by atoms with Gasteiger partial charge in [0.1, 0.15) is 41.4 Å². The lowest BCUT2D eigenvalue weighted by Gasteiger charge is -2.59. The summed E-state index contributed by atoms with van der Waals surface area (Å²) in [4.78, 5) is 57.2. The van der Waals surface area contributed by atoms with Gasteiger partial charge in [-0.05, 0) is 127 Å². The molecule has 9 rings (SSSR count). The van der Waals surface area contributed by atoms with E-state index < -0.39 is 39.6 Å². The number of amides is 1. The van der Waals surface area contributed by atoms with Crippen molar-refractivity contribution < 1.29 is 67.6 Å². The minimum atomic E-state index is -1.75. The van der Waals surface area contributed by atoms with Crippen molar-refractivity contribution in [2.24, 2.45) is 22.9 Å². The third-order valence-corrected chi connectivity index (χ3v) is 14.4. The molecule has 2 aliphatic carbocycles. The first kappa shape index (κ1) is 53.5. The van der Waals surface area contributed by atoms with Crippen molar-refractivity contribution in [3.05, 3.63) is 170 Å². The molecule has 6 unspecified atom stereocenters. The lowest BCUT2D eigenvalue weighted by molar-refractivity contribution is -0.385. The molecule has 1 saturated carbocycles. The van der Waals surface area contributed by atoms with Crippen LogP contribution >= 0.6 is 0 Å². The summed E-state index contributed by atoms with van der Waals surface area (Å²) in [5.41, 5.74) is 3.14. The highest BCUT2D eigenvalue weighted by atomic mass is 16.7. The number of non-ortho nitro benzene ring substituents is 2. The molecule has 0 aromatic heterocycles. The van der Waals surface area contributed by atoms with Gasteiger partial charge in [0, 0.05) is 61.9 Å². The molecule has 0 spiro atoms. The molecular formula is C57H58N4O16. The van der Waals surface area contributed by atoms with E-state index in [4.69, 9.17) is 43.2 Å². The van der Waals surface area contributed by atoms with E-state index in [0.29, 0.717) is 102 Å². The Morgan fingerprint density at radius 2 is 1.49 bits per heavy atom. The van der Waals surface area contributed by atoms with Crippen LogP contribution in [-0.2, 0) is 22.7 Å². The first-order valence-corrected chi connectivity index (χ1v) is 25.3. The zero-order valence-electron chi connectivity index (χ0n) is 42.2. The molecule has 20 nitrogen and oxygen atoms in total. The Morgan fingerprint density at radius 3 is 2.19 bits per heavy atom. The van der Waals surface area contributed by atoms with Crippen LogP contribution in [-0.4, -0.2) is 88.6 Å². The average molecular weight is 1060 g/mol. The van der Waals surface area contributed by atoms with E-state index in [0.717, 1.165) is 11.1 Å². The Labute approximate surface area is 443 Å². The van der Waals surface area contributed by atoms with Gasteiger partial charge in [-0.2, -0.15) is 0 Å². The van der Waals surface area contributed by atoms with Crippen LogP contribution in [0.15, 0.2) is 133 Å². The van der Waals surface area contributed by atoms with Gasteiger partial charge >= 0.3 is 6.09 Å². The number of nitro benzene ring substituents is 2. The van der Waals surface area contributed by atoms with E-state index in [-0.39, 0.29) is 75.1 Å². The van der Waals surface area contributed by atoms with Gasteiger partial charge in [0.05, 0.1) is 40.8 Å². The number of benzene rings is 5. The number of allylic oxidation sites excluding steroid dienone is 1. The Hall–Kier alpha value is -8.33. The summed E-state index contributed by atoms with van der Waals surface area (Å²) >= 11 is 0. The van der Waals surface area contributed by atoms with Crippen molar-refractivity contribution in [3.63, 3.8) is 0 Å². The van der Waals surface area contributed by atoms with Gasteiger partial charge in [-0.15, -0.1) is 6.58 Å². The number of methoxy groups -OCH3 is 1. The molecule has 4 aliphatic rings. The van der Waals surface area contributed by atoms with Crippen LogP contribution in [0.5, 0.6) is 40.2 Å². The van der Waals surface area contributed by atoms with Crippen molar-refractivity contribution in [1.82, 2.24) is 4.90 Å². The number of carbonyl (C=O) groups is 2. The van der Waals surface area contributed by atoms with E-state index >= 15 is 4.79 Å². The molecule has 0 radical (unpaired) electrons. The van der Waals surface area contributed by atoms with Gasteiger partial charge < -0.3 is 48.2 Å². The van der Waals surface area contributed by atoms with Crippen LogP contribution in [0.2, 0.25) is 0 Å². The second kappa shape index (κ2) is 24.1. The Morgan fingerprint density at radius 1 is 0.831 bits per heavy atom. The third-order valence-electron chi connectivity index (χ3n) is 14.4. The maximum Gasteiger partial charge on any atom is 0.416 e. The molecule has 5 aromatic rings. The SMILES string of the molecule is C=CCOC12Oc3ccc(Oc4ccc(OC)c(C=O)c4)cc3C3C(CCCCO)C(CCCCO)C=C(C(=NOCc4ccc([N+](=O)[O-])cc4)CC1N(Cc1ccc4c(c1)OCO4)C(=O)Oc1ccc([N+](=O)[O-])cc1)C32. The number of unbranched alkanes of at least 4 members (excludes halogenated alkanes) is 2. The Bertz CT molecular complexity index is 3040. The van der Waals surface area contributed by atoms with E-state index in [1.54, 1.807) is 66.7 Å². The molecule has 6 atom stereocenters. The highest BCUT2D eigenvalue weighted by molar-refractivity contribution is 6.03. The number of aliphatic hydroxyl groups is 2. The zero-order chi connectivity index (χ0) is 54.1. The summed E-state index contributed by atoms with van der Waals surface area (Å²) in [6.45, 7) is 3.76. The first-order valence-electron chi connectivity index (χ1n) is 25.3. The normalized spacial score (nSPS) is 21.1. The molecule has 402 valence electrons. The predicted octanol–water partition coefficient (Wildman–Crippen LogP) is 10.4. The van der Waals surface area contributed by atoms with Crippen LogP contribution < -0.4 is 28.4 Å². The number of ether oxygens (including phenoxy) is 7. The summed E-state index contributed by atoms with van der Waals surface area (Å²) < 4.78 is 44.0. The van der Waals surface area contributed by atoms with Crippen LogP contribution in [0.3, 0.4) is 0 Å². The molecule has 2 aliphatic heterocycles. The van der Waals surface area contributed by atoms with Gasteiger partial charge in [0.15, 0.2) is 17.8 Å². The number of hydrogen-bond donors (Lipinski definition) is 2. The fourth-order valence-corrected chi connectivity index (χ4v) is 10.9. The predicted molar refractivity (Wildman–Crippen MR) is 279 cm³/mol. The summed E-state index contributed by atoms with van der Waals surface area (Å²) in [6.07, 6.45) is 7.28. The number of oxime groups is 1. The molecule has 2 N–H and O–H groups in total. The van der Waals surface area contributed by atoms with Crippen molar-refractivity contribution in [3.8, 4) is 40.2 Å². The number of hydrogen-bond acceptors (Lipinski definition) is 17. The largest absolute Gasteiger partial charge is 0.496 e. The van der Waals surface area contributed by atoms with Crippen molar-refractivity contribution >= 4 is 29.5 Å². The van der Waals surface area contributed by atoms with Crippen LogP contribution in [0.25, 0.3) is 0 Å². The van der Waals surface area contributed by atoms with Crippen LogP contribution in [0.4, 0.5) is 16.2 Å². The molecule has 0 bridgehead atoms. The minimum absolute atomic E-state index is 0.00235. The lowest BCUT2D eigenvalue weighted by atomic mass is 9.55. The summed E-state index contributed by atoms with van der Waals surface area (Å²) in [5, 5.41) is 48.2. The van der Waals surface area contributed by atoms with Crippen LogP contribution in [0.1, 0.15) is 77.9 Å². The van der Waals surface area contributed by atoms with Crippen molar-refractivity contribution in [2.45, 2.75) is 75.8 Å². The van der Waals surface area contributed by atoms with Crippen molar-refractivity contribution in [1.29, 1.82) is 0 Å². The standard InChI is InChI=1S/C57H58N4O16/c1-3-26-73-57-53(59(32-37-12-21-51-52(27-37)72-35-71-51)56(65)76-42-17-15-41(16-18-42)61(68)69)31-48(58-74-34-36-10-13-40(14-11-36)60(66)67)46-29-38(8-4-6-24-62)45(9-5-7-25-63)54(55(46)57)47-30-44(20-23-50(47)77-57)75-43-19-22-49(70-2)39(28-43)33-64/h3,10-23,27-30,33,38,45,53-55,62-63H,1,4-9,24-26,31-32,34-35H2,2H3. The number of nitro groups is 2. The number of rotatable bonds is 24. The van der Waals surface area contributed by atoms with Crippen molar-refractivity contribution in [2.75, 3.05) is 33.7 Å². The monoisotopic (exact) mass is 1050 g/mol. The number of aldehydes is 1. The molecule has 1 fully saturated rings. The summed E-state index contributed by atoms with van der Waals surface area (Å²) in [7, 11) is 1.47. The molecule has 20 heteroatoms. The maximum atomic E-state index is 15.3. The first-order chi connectivity index (χ1) is 37.5. The van der Waals surface area contributed by atoms with Gasteiger partial charge in [-0.25, -0.2) is 4.79 Å². The molecular weight excluding hydrogens is 997 g/mol. The minimum Gasteiger partial charge on any atom is -0.496 e. The van der Waals surface area contributed by atoms with Gasteiger partial charge in [-0.1, -0.05) is 36.2 Å². The molecule has 1 amide bonds. The Balaban J connectivity index is 1.24. The summed E-state index contributed by atoms with van der Waals surface area (Å²) in [6, 6.07) is 25.6. The zero-order valence-corrected chi connectivity index (χ0v) is 42.2. The fraction of sp³-hybridized carbons (Fsp3) is 0.351. The summed E-state index contributed by atoms with van der Waals surface area (Å²) in [5.74, 6) is -0.674. The van der Waals surface area contributed by atoms with E-state index in [9.17, 15) is 35.2 Å². The third kappa shape index (κ3) is 11.6. The molecule has 5 aromatic carbocycles. The van der Waals surface area contributed by atoms with Crippen LogP contribution in [0, 0.1) is 38.0 Å². The molecule has 77 heavy (non-hydrogen) atoms. The van der Waals surface area contributed by atoms with E-state index in [2.05, 4.69) is 12.7 Å². The smallest absolute Gasteiger partial charge is 0.416 e. The second-order valence-corrected chi connectivity index (χ2v) is 19.0. The molecule has 0 saturated heterocycles. The highest BCUT2D eigenvalue weighted by Crippen LogP contribution is 2.62. The second-order valence-electron chi connectivity index (χ2n) is 19.0. The fourth-order valence-electron chi connectivity index (χ4n) is 10.9. The number of carbonyl (C=O) groups excluding carboxylic acids is 2. The van der Waals surface area contributed by atoms with E-state index in [1.165, 1.54) is 48.4 Å². The Kier molecular flexibility index (Phi) is 16.8. The maximum absolute atomic E-state index is 15.3. The number of fused-ring (bicyclic) bond motifs is 3. The van der Waals surface area contributed by atoms with Gasteiger partial charge in [0.25, 0.3) is 11.4 Å². The van der Waals surface area contributed by atoms with E-state index in [1.807, 2.05) is 6.07 Å². The van der Waals surface area contributed by atoms with Gasteiger partial charge in [-0.3, -0.25) is 29.9 Å². The number of aliphatic hydroxyl groups excluding tert-OH is 2. The average Bonchev–Trinajstić information content (AvgIpc) is 3.96.